The van der Waals surface area contributed by atoms with Gasteiger partial charge in [-0.2, -0.15) is 0 Å². The molecule has 0 bridgehead atoms. The van der Waals surface area contributed by atoms with E-state index in [9.17, 15) is 5.11 Å². The summed E-state index contributed by atoms with van der Waals surface area (Å²) in [5, 5.41) is 9.99. The van der Waals surface area contributed by atoms with Crippen molar-refractivity contribution in [1.82, 2.24) is 4.98 Å². The molecule has 0 saturated carbocycles. The third-order valence-electron chi connectivity index (χ3n) is 2.97. The summed E-state index contributed by atoms with van der Waals surface area (Å²) in [7, 11) is 0. The van der Waals surface area contributed by atoms with Crippen molar-refractivity contribution in [3.05, 3.63) is 30.1 Å². The number of ether oxygens (including phenoxy) is 1. The van der Waals surface area contributed by atoms with Crippen molar-refractivity contribution >= 4 is 0 Å². The van der Waals surface area contributed by atoms with E-state index in [4.69, 9.17) is 4.74 Å². The lowest BCUT2D eigenvalue weighted by Gasteiger charge is -2.24. The Labute approximate surface area is 90.1 Å². The number of pyridine rings is 1. The zero-order valence-corrected chi connectivity index (χ0v) is 8.80. The van der Waals surface area contributed by atoms with Crippen LogP contribution in [-0.2, 0) is 4.74 Å². The van der Waals surface area contributed by atoms with Gasteiger partial charge in [0.05, 0.1) is 6.10 Å². The Bertz CT molecular complexity index is 283. The predicted molar refractivity (Wildman–Crippen MR) is 57.4 cm³/mol. The molecular formula is C12H17NO2. The molecule has 0 aliphatic carbocycles. The van der Waals surface area contributed by atoms with Crippen molar-refractivity contribution in [2.24, 2.45) is 5.92 Å². The summed E-state index contributed by atoms with van der Waals surface area (Å²) in [6.07, 6.45) is 6.06. The van der Waals surface area contributed by atoms with Crippen molar-refractivity contribution in [3.63, 3.8) is 0 Å². The minimum Gasteiger partial charge on any atom is -0.388 e. The molecule has 1 aromatic heterocycles. The van der Waals surface area contributed by atoms with E-state index in [1.807, 2.05) is 12.1 Å². The minimum absolute atomic E-state index is 0.373. The van der Waals surface area contributed by atoms with Gasteiger partial charge in [0.25, 0.3) is 0 Å². The fourth-order valence-electron chi connectivity index (χ4n) is 2.01. The molecule has 1 saturated heterocycles. The second-order valence-corrected chi connectivity index (χ2v) is 4.09. The number of aliphatic hydroxyl groups is 1. The number of aromatic nitrogens is 1. The van der Waals surface area contributed by atoms with E-state index < -0.39 is 0 Å². The Hall–Kier alpha value is -0.930. The fourth-order valence-corrected chi connectivity index (χ4v) is 2.01. The molecule has 1 N–H and O–H groups in total. The predicted octanol–water partition coefficient (Wildman–Crippen LogP) is 1.93. The second-order valence-electron chi connectivity index (χ2n) is 4.09. The summed E-state index contributed by atoms with van der Waals surface area (Å²) < 4.78 is 5.29. The third-order valence-corrected chi connectivity index (χ3v) is 2.97. The maximum Gasteiger partial charge on any atom is 0.0807 e. The fraction of sp³-hybridized carbons (Fsp3) is 0.583. The van der Waals surface area contributed by atoms with Crippen molar-refractivity contribution in [1.29, 1.82) is 0 Å². The lowest BCUT2D eigenvalue weighted by molar-refractivity contribution is 0.0434. The van der Waals surface area contributed by atoms with Crippen LogP contribution in [-0.4, -0.2) is 23.3 Å². The number of rotatable bonds is 3. The molecule has 0 radical (unpaired) electrons. The van der Waals surface area contributed by atoms with Crippen molar-refractivity contribution in [2.75, 3.05) is 13.2 Å². The highest BCUT2D eigenvalue weighted by molar-refractivity contribution is 5.11. The summed E-state index contributed by atoms with van der Waals surface area (Å²) in [5.41, 5.74) is 0.920. The van der Waals surface area contributed by atoms with Gasteiger partial charge < -0.3 is 9.84 Å². The normalized spacial score (nSPS) is 20.1. The first-order valence-electron chi connectivity index (χ1n) is 5.52. The molecule has 1 atom stereocenters. The summed E-state index contributed by atoms with van der Waals surface area (Å²) in [6, 6.07) is 3.79. The highest BCUT2D eigenvalue weighted by Crippen LogP contribution is 2.26. The van der Waals surface area contributed by atoms with Gasteiger partial charge in [0.1, 0.15) is 0 Å². The molecule has 1 fully saturated rings. The molecule has 2 rings (SSSR count). The van der Waals surface area contributed by atoms with Crippen LogP contribution in [0.1, 0.15) is 30.9 Å². The largest absolute Gasteiger partial charge is 0.388 e. The number of aliphatic hydroxyl groups excluding tert-OH is 1. The van der Waals surface area contributed by atoms with Crippen LogP contribution in [0.2, 0.25) is 0 Å². The highest BCUT2D eigenvalue weighted by atomic mass is 16.5. The van der Waals surface area contributed by atoms with Gasteiger partial charge in [0.2, 0.25) is 0 Å². The number of nitrogens with zero attached hydrogens (tertiary/aromatic N) is 1. The third kappa shape index (κ3) is 3.01. The van der Waals surface area contributed by atoms with Gasteiger partial charge in [0.15, 0.2) is 0 Å². The van der Waals surface area contributed by atoms with E-state index in [1.165, 1.54) is 0 Å². The van der Waals surface area contributed by atoms with Crippen LogP contribution in [0.4, 0.5) is 0 Å². The van der Waals surface area contributed by atoms with Crippen LogP contribution in [0.3, 0.4) is 0 Å². The van der Waals surface area contributed by atoms with Crippen LogP contribution in [0, 0.1) is 5.92 Å². The molecule has 1 aliphatic heterocycles. The smallest absolute Gasteiger partial charge is 0.0807 e. The van der Waals surface area contributed by atoms with E-state index in [2.05, 4.69) is 4.98 Å². The van der Waals surface area contributed by atoms with Gasteiger partial charge in [-0.15, -0.1) is 0 Å². The van der Waals surface area contributed by atoms with E-state index in [1.54, 1.807) is 12.4 Å². The summed E-state index contributed by atoms with van der Waals surface area (Å²) >= 11 is 0. The standard InChI is InChI=1S/C12H17NO2/c14-12(11-2-1-5-13-9-11)8-10-3-6-15-7-4-10/h1-2,5,9-10,12,14H,3-4,6-8H2. The van der Waals surface area contributed by atoms with E-state index in [0.29, 0.717) is 5.92 Å². The molecule has 1 aliphatic rings. The minimum atomic E-state index is -0.373. The molecule has 0 amide bonds. The van der Waals surface area contributed by atoms with Crippen molar-refractivity contribution < 1.29 is 9.84 Å². The molecule has 2 heterocycles. The Morgan fingerprint density at radius 1 is 1.47 bits per heavy atom. The van der Waals surface area contributed by atoms with Crippen molar-refractivity contribution in [2.45, 2.75) is 25.4 Å². The number of hydrogen-bond donors (Lipinski definition) is 1. The molecule has 15 heavy (non-hydrogen) atoms. The van der Waals surface area contributed by atoms with Crippen LogP contribution in [0.5, 0.6) is 0 Å². The van der Waals surface area contributed by atoms with Gasteiger partial charge >= 0.3 is 0 Å². The van der Waals surface area contributed by atoms with Crippen molar-refractivity contribution in [3.8, 4) is 0 Å². The Morgan fingerprint density at radius 2 is 2.27 bits per heavy atom. The topological polar surface area (TPSA) is 42.4 Å². The average molecular weight is 207 g/mol. The summed E-state index contributed by atoms with van der Waals surface area (Å²) in [4.78, 5) is 4.01. The Kier molecular flexibility index (Phi) is 3.69. The lowest BCUT2D eigenvalue weighted by atomic mass is 9.91. The van der Waals surface area contributed by atoms with E-state index >= 15 is 0 Å². The van der Waals surface area contributed by atoms with Gasteiger partial charge in [-0.3, -0.25) is 4.98 Å². The van der Waals surface area contributed by atoms with Gasteiger partial charge in [-0.1, -0.05) is 6.07 Å². The Morgan fingerprint density at radius 3 is 2.93 bits per heavy atom. The van der Waals surface area contributed by atoms with Crippen LogP contribution in [0.25, 0.3) is 0 Å². The molecule has 0 spiro atoms. The first-order chi connectivity index (χ1) is 7.36. The molecule has 3 heteroatoms. The quantitative estimate of drug-likeness (QED) is 0.823. The maximum absolute atomic E-state index is 9.99. The molecule has 1 unspecified atom stereocenters. The zero-order chi connectivity index (χ0) is 10.5. The van der Waals surface area contributed by atoms with Gasteiger partial charge in [0, 0.05) is 25.6 Å². The molecule has 3 nitrogen and oxygen atoms in total. The van der Waals surface area contributed by atoms with E-state index in [0.717, 1.165) is 38.0 Å². The first kappa shape index (κ1) is 10.6. The monoisotopic (exact) mass is 207 g/mol. The van der Waals surface area contributed by atoms with Gasteiger partial charge in [-0.05, 0) is 36.8 Å². The first-order valence-corrected chi connectivity index (χ1v) is 5.52. The Balaban J connectivity index is 1.88. The highest BCUT2D eigenvalue weighted by Gasteiger charge is 2.18. The summed E-state index contributed by atoms with van der Waals surface area (Å²) in [6.45, 7) is 1.68. The molecule has 0 aromatic carbocycles. The zero-order valence-electron chi connectivity index (χ0n) is 8.80. The lowest BCUT2D eigenvalue weighted by Crippen LogP contribution is -2.18. The molecular weight excluding hydrogens is 190 g/mol. The van der Waals surface area contributed by atoms with Crippen LogP contribution < -0.4 is 0 Å². The molecule has 1 aromatic rings. The van der Waals surface area contributed by atoms with Crippen LogP contribution >= 0.6 is 0 Å². The average Bonchev–Trinajstić information content (AvgIpc) is 2.31. The summed E-state index contributed by atoms with van der Waals surface area (Å²) in [5.74, 6) is 0.592. The molecule has 82 valence electrons. The van der Waals surface area contributed by atoms with Crippen LogP contribution in [0.15, 0.2) is 24.5 Å². The second kappa shape index (κ2) is 5.24. The number of hydrogen-bond acceptors (Lipinski definition) is 3. The maximum atomic E-state index is 9.99. The van der Waals surface area contributed by atoms with Gasteiger partial charge in [-0.25, -0.2) is 0 Å². The van der Waals surface area contributed by atoms with E-state index in [-0.39, 0.29) is 6.10 Å². The SMILES string of the molecule is OC(CC1CCOCC1)c1cccnc1.